The lowest BCUT2D eigenvalue weighted by atomic mass is 9.75. The minimum atomic E-state index is -0.278. The van der Waals surface area contributed by atoms with Gasteiger partial charge >= 0.3 is 0 Å². The third kappa shape index (κ3) is 3.09. The first-order valence-electron chi connectivity index (χ1n) is 10.2. The van der Waals surface area contributed by atoms with Gasteiger partial charge in [0.05, 0.1) is 11.1 Å². The summed E-state index contributed by atoms with van der Waals surface area (Å²) >= 11 is 0. The van der Waals surface area contributed by atoms with Crippen LogP contribution in [0.15, 0.2) is 42.5 Å². The highest BCUT2D eigenvalue weighted by Crippen LogP contribution is 2.39. The van der Waals surface area contributed by atoms with Crippen molar-refractivity contribution in [3.63, 3.8) is 0 Å². The number of anilines is 1. The minimum Gasteiger partial charge on any atom is -0.507 e. The number of nitrogens with zero attached hydrogens (tertiary/aromatic N) is 3. The molecule has 28 heavy (non-hydrogen) atoms. The molecule has 2 aliphatic rings. The summed E-state index contributed by atoms with van der Waals surface area (Å²) in [6.45, 7) is 1.90. The van der Waals surface area contributed by atoms with Gasteiger partial charge in [-0.25, -0.2) is 14.4 Å². The zero-order chi connectivity index (χ0) is 19.1. The van der Waals surface area contributed by atoms with E-state index in [4.69, 9.17) is 4.98 Å². The SMILES string of the molecule is Oc1ccccc1-c1nc(N2CCC3CCCCC3C2)c2cc(F)ccc2n1. The van der Waals surface area contributed by atoms with Crippen LogP contribution in [-0.4, -0.2) is 28.2 Å². The molecule has 1 aliphatic carbocycles. The van der Waals surface area contributed by atoms with Crippen molar-refractivity contribution in [2.75, 3.05) is 18.0 Å². The molecule has 2 heterocycles. The number of fused-ring (bicyclic) bond motifs is 2. The largest absolute Gasteiger partial charge is 0.507 e. The number of aromatic nitrogens is 2. The minimum absolute atomic E-state index is 0.154. The molecule has 2 unspecified atom stereocenters. The van der Waals surface area contributed by atoms with E-state index in [2.05, 4.69) is 9.88 Å². The highest BCUT2D eigenvalue weighted by Gasteiger charge is 2.32. The van der Waals surface area contributed by atoms with Gasteiger partial charge in [0.15, 0.2) is 5.82 Å². The number of hydrogen-bond donors (Lipinski definition) is 1. The number of piperidine rings is 1. The number of para-hydroxylation sites is 1. The molecule has 0 radical (unpaired) electrons. The Bertz CT molecular complexity index is 1020. The van der Waals surface area contributed by atoms with Gasteiger partial charge in [0.1, 0.15) is 17.4 Å². The van der Waals surface area contributed by atoms with Crippen molar-refractivity contribution in [3.8, 4) is 17.1 Å². The van der Waals surface area contributed by atoms with Crippen molar-refractivity contribution < 1.29 is 9.50 Å². The van der Waals surface area contributed by atoms with Gasteiger partial charge < -0.3 is 10.0 Å². The van der Waals surface area contributed by atoms with Crippen molar-refractivity contribution in [3.05, 3.63) is 48.3 Å². The zero-order valence-electron chi connectivity index (χ0n) is 15.8. The normalized spacial score (nSPS) is 22.2. The van der Waals surface area contributed by atoms with Crippen LogP contribution in [0.2, 0.25) is 0 Å². The predicted molar refractivity (Wildman–Crippen MR) is 109 cm³/mol. The molecule has 3 aromatic rings. The molecule has 2 fully saturated rings. The maximum atomic E-state index is 14.0. The van der Waals surface area contributed by atoms with Crippen molar-refractivity contribution in [1.82, 2.24) is 9.97 Å². The Morgan fingerprint density at radius 3 is 2.64 bits per heavy atom. The summed E-state index contributed by atoms with van der Waals surface area (Å²) in [7, 11) is 0. The van der Waals surface area contributed by atoms with E-state index in [1.807, 2.05) is 12.1 Å². The van der Waals surface area contributed by atoms with Crippen LogP contribution in [0.3, 0.4) is 0 Å². The first-order chi connectivity index (χ1) is 13.7. The van der Waals surface area contributed by atoms with Gasteiger partial charge in [-0.15, -0.1) is 0 Å². The molecular weight excluding hydrogens is 353 g/mol. The van der Waals surface area contributed by atoms with Crippen molar-refractivity contribution in [2.24, 2.45) is 11.8 Å². The Balaban J connectivity index is 1.62. The lowest BCUT2D eigenvalue weighted by molar-refractivity contribution is 0.202. The van der Waals surface area contributed by atoms with Crippen LogP contribution in [0.5, 0.6) is 5.75 Å². The average molecular weight is 377 g/mol. The van der Waals surface area contributed by atoms with Gasteiger partial charge in [0.2, 0.25) is 0 Å². The van der Waals surface area contributed by atoms with E-state index in [-0.39, 0.29) is 11.6 Å². The molecule has 4 nitrogen and oxygen atoms in total. The maximum absolute atomic E-state index is 14.0. The Hall–Kier alpha value is -2.69. The average Bonchev–Trinajstić information content (AvgIpc) is 2.73. The monoisotopic (exact) mass is 377 g/mol. The molecule has 0 bridgehead atoms. The Morgan fingerprint density at radius 1 is 0.964 bits per heavy atom. The molecule has 5 heteroatoms. The second kappa shape index (κ2) is 7.04. The summed E-state index contributed by atoms with van der Waals surface area (Å²) in [5.74, 6) is 2.65. The van der Waals surface area contributed by atoms with Gasteiger partial charge in [-0.3, -0.25) is 0 Å². The fourth-order valence-electron chi connectivity index (χ4n) is 4.90. The molecule has 2 atom stereocenters. The number of hydrogen-bond acceptors (Lipinski definition) is 4. The smallest absolute Gasteiger partial charge is 0.165 e. The molecule has 2 aromatic carbocycles. The molecule has 5 rings (SSSR count). The van der Waals surface area contributed by atoms with Gasteiger partial charge in [0, 0.05) is 18.5 Å². The van der Waals surface area contributed by atoms with E-state index < -0.39 is 0 Å². The topological polar surface area (TPSA) is 49.3 Å². The van der Waals surface area contributed by atoms with Crippen LogP contribution >= 0.6 is 0 Å². The second-order valence-corrected chi connectivity index (χ2v) is 8.09. The van der Waals surface area contributed by atoms with Crippen molar-refractivity contribution in [1.29, 1.82) is 0 Å². The van der Waals surface area contributed by atoms with Gasteiger partial charge in [-0.2, -0.15) is 0 Å². The first kappa shape index (κ1) is 17.4. The number of phenolic OH excluding ortho intramolecular Hbond substituents is 1. The van der Waals surface area contributed by atoms with Crippen LogP contribution in [0.4, 0.5) is 10.2 Å². The van der Waals surface area contributed by atoms with Crippen molar-refractivity contribution in [2.45, 2.75) is 32.1 Å². The molecule has 0 spiro atoms. The summed E-state index contributed by atoms with van der Waals surface area (Å²) in [4.78, 5) is 11.7. The molecule has 1 N–H and O–H groups in total. The summed E-state index contributed by atoms with van der Waals surface area (Å²) in [6.07, 6.45) is 6.42. The second-order valence-electron chi connectivity index (χ2n) is 8.09. The summed E-state index contributed by atoms with van der Waals surface area (Å²) in [5, 5.41) is 11.0. The fourth-order valence-corrected chi connectivity index (χ4v) is 4.90. The number of phenols is 1. The Labute approximate surface area is 164 Å². The standard InChI is InChI=1S/C23H24FN3O/c24-17-9-10-20-19(13-17)23(26-22(25-20)18-7-3-4-8-21(18)28)27-12-11-15-5-1-2-6-16(15)14-27/h3-4,7-10,13,15-16,28H,1-2,5-6,11-12,14H2. The van der Waals surface area contributed by atoms with E-state index in [0.717, 1.165) is 36.6 Å². The summed E-state index contributed by atoms with van der Waals surface area (Å²) in [5.41, 5.74) is 1.30. The third-order valence-electron chi connectivity index (χ3n) is 6.37. The Morgan fingerprint density at radius 2 is 1.79 bits per heavy atom. The molecular formula is C23H24FN3O. The molecule has 1 saturated carbocycles. The summed E-state index contributed by atoms with van der Waals surface area (Å²) in [6, 6.07) is 11.8. The highest BCUT2D eigenvalue weighted by atomic mass is 19.1. The summed E-state index contributed by atoms with van der Waals surface area (Å²) < 4.78 is 14.0. The number of halogens is 1. The van der Waals surface area contributed by atoms with Crippen LogP contribution in [0, 0.1) is 17.7 Å². The zero-order valence-corrected chi connectivity index (χ0v) is 15.8. The van der Waals surface area contributed by atoms with Crippen LogP contribution < -0.4 is 4.90 Å². The Kier molecular flexibility index (Phi) is 4.38. The van der Waals surface area contributed by atoms with Gasteiger partial charge in [-0.1, -0.05) is 31.4 Å². The quantitative estimate of drug-likeness (QED) is 0.670. The predicted octanol–water partition coefficient (Wildman–Crippen LogP) is 5.16. The molecule has 1 saturated heterocycles. The lowest BCUT2D eigenvalue weighted by Gasteiger charge is -2.42. The molecule has 1 aliphatic heterocycles. The van der Waals surface area contributed by atoms with Gasteiger partial charge in [0.25, 0.3) is 0 Å². The first-order valence-corrected chi connectivity index (χ1v) is 10.2. The number of benzene rings is 2. The number of aromatic hydroxyl groups is 1. The number of rotatable bonds is 2. The molecule has 0 amide bonds. The lowest BCUT2D eigenvalue weighted by Crippen LogP contribution is -2.42. The van der Waals surface area contributed by atoms with Crippen LogP contribution in [-0.2, 0) is 0 Å². The highest BCUT2D eigenvalue weighted by molar-refractivity contribution is 5.91. The van der Waals surface area contributed by atoms with E-state index >= 15 is 0 Å². The van der Waals surface area contributed by atoms with Crippen LogP contribution in [0.25, 0.3) is 22.3 Å². The molecule has 144 valence electrons. The van der Waals surface area contributed by atoms with Gasteiger partial charge in [-0.05, 0) is 55.0 Å². The maximum Gasteiger partial charge on any atom is 0.165 e. The fraction of sp³-hybridized carbons (Fsp3) is 0.391. The third-order valence-corrected chi connectivity index (χ3v) is 6.37. The molecule has 1 aromatic heterocycles. The van der Waals surface area contributed by atoms with E-state index in [0.29, 0.717) is 22.8 Å². The van der Waals surface area contributed by atoms with Crippen LogP contribution in [0.1, 0.15) is 32.1 Å². The van der Waals surface area contributed by atoms with E-state index in [1.54, 1.807) is 18.2 Å². The van der Waals surface area contributed by atoms with Crippen molar-refractivity contribution >= 4 is 16.7 Å². The van der Waals surface area contributed by atoms with E-state index in [9.17, 15) is 9.50 Å². The van der Waals surface area contributed by atoms with E-state index in [1.165, 1.54) is 37.8 Å².